The second kappa shape index (κ2) is 8.52. The number of carbonyl (C=O) groups is 2. The number of methoxy groups -OCH3 is 1. The molecule has 0 aliphatic rings. The maximum absolute atomic E-state index is 11.8. The van der Waals surface area contributed by atoms with E-state index in [1.165, 1.54) is 7.11 Å². The van der Waals surface area contributed by atoms with Crippen LogP contribution in [0.5, 0.6) is 5.75 Å². The van der Waals surface area contributed by atoms with E-state index in [0.29, 0.717) is 29.3 Å². The number of benzene rings is 1. The Labute approximate surface area is 129 Å². The van der Waals surface area contributed by atoms with Crippen molar-refractivity contribution in [2.45, 2.75) is 26.7 Å². The van der Waals surface area contributed by atoms with E-state index >= 15 is 0 Å². The first kappa shape index (κ1) is 17.3. The highest BCUT2D eigenvalue weighted by molar-refractivity contribution is 6.31. The van der Waals surface area contributed by atoms with Gasteiger partial charge in [-0.2, -0.15) is 0 Å². The molecule has 0 aliphatic heterocycles. The summed E-state index contributed by atoms with van der Waals surface area (Å²) >= 11 is 5.87. The summed E-state index contributed by atoms with van der Waals surface area (Å²) in [6, 6.07) is 4.87. The van der Waals surface area contributed by atoms with Crippen LogP contribution in [0, 0.1) is 5.92 Å². The van der Waals surface area contributed by atoms with Gasteiger partial charge in [-0.05, 0) is 31.0 Å². The molecule has 0 fully saturated rings. The predicted octanol–water partition coefficient (Wildman–Crippen LogP) is 3.27. The summed E-state index contributed by atoms with van der Waals surface area (Å²) in [5.41, 5.74) is 0.439. The molecule has 1 rings (SSSR count). The average molecular weight is 314 g/mol. The normalized spacial score (nSPS) is 10.3. The van der Waals surface area contributed by atoms with E-state index in [1.807, 2.05) is 13.8 Å². The number of ether oxygens (including phenoxy) is 2. The van der Waals surface area contributed by atoms with E-state index in [4.69, 9.17) is 21.1 Å². The van der Waals surface area contributed by atoms with E-state index in [9.17, 15) is 9.59 Å². The molecule has 0 saturated carbocycles. The Balaban J connectivity index is 2.58. The molecule has 1 aromatic carbocycles. The largest absolute Gasteiger partial charge is 0.495 e. The van der Waals surface area contributed by atoms with E-state index in [2.05, 4.69) is 5.32 Å². The predicted molar refractivity (Wildman–Crippen MR) is 81.7 cm³/mol. The molecule has 0 atom stereocenters. The highest BCUT2D eigenvalue weighted by Crippen LogP contribution is 2.27. The first-order valence-electron chi connectivity index (χ1n) is 6.81. The van der Waals surface area contributed by atoms with Gasteiger partial charge >= 0.3 is 5.97 Å². The topological polar surface area (TPSA) is 64.6 Å². The third kappa shape index (κ3) is 5.27. The molecule has 0 spiro atoms. The molecule has 0 bridgehead atoms. The van der Waals surface area contributed by atoms with Crippen LogP contribution in [0.3, 0.4) is 0 Å². The van der Waals surface area contributed by atoms with Crippen LogP contribution in [0.4, 0.5) is 5.69 Å². The second-order valence-corrected chi connectivity index (χ2v) is 4.95. The number of hydrogen-bond donors (Lipinski definition) is 1. The first-order chi connectivity index (χ1) is 10.0. The van der Waals surface area contributed by atoms with Crippen LogP contribution in [0.25, 0.3) is 0 Å². The van der Waals surface area contributed by atoms with Crippen LogP contribution in [0.15, 0.2) is 18.2 Å². The van der Waals surface area contributed by atoms with Gasteiger partial charge in [0.2, 0.25) is 0 Å². The number of esters is 1. The highest BCUT2D eigenvalue weighted by Gasteiger charge is 2.17. The van der Waals surface area contributed by atoms with E-state index in [1.54, 1.807) is 18.2 Å². The van der Waals surface area contributed by atoms with Crippen molar-refractivity contribution in [3.63, 3.8) is 0 Å². The van der Waals surface area contributed by atoms with Crippen molar-refractivity contribution in [1.82, 2.24) is 0 Å². The van der Waals surface area contributed by atoms with E-state index < -0.39 is 5.91 Å². The number of anilines is 1. The number of halogens is 1. The van der Waals surface area contributed by atoms with Gasteiger partial charge in [0.1, 0.15) is 5.75 Å². The summed E-state index contributed by atoms with van der Waals surface area (Å²) in [5.74, 6) is -0.472. The second-order valence-electron chi connectivity index (χ2n) is 4.51. The van der Waals surface area contributed by atoms with Crippen molar-refractivity contribution in [2.75, 3.05) is 19.0 Å². The lowest BCUT2D eigenvalue weighted by molar-refractivity contribution is -0.151. The zero-order valence-corrected chi connectivity index (χ0v) is 13.2. The lowest BCUT2D eigenvalue weighted by Gasteiger charge is -2.13. The molecule has 0 unspecified atom stereocenters. The van der Waals surface area contributed by atoms with Crippen molar-refractivity contribution in [3.05, 3.63) is 23.2 Å². The molecule has 1 amide bonds. The minimum atomic E-state index is -0.435. The van der Waals surface area contributed by atoms with Gasteiger partial charge < -0.3 is 14.8 Å². The van der Waals surface area contributed by atoms with Crippen molar-refractivity contribution >= 4 is 29.2 Å². The molecule has 6 heteroatoms. The fourth-order valence-electron chi connectivity index (χ4n) is 1.84. The summed E-state index contributed by atoms with van der Waals surface area (Å²) in [4.78, 5) is 23.5. The maximum atomic E-state index is 11.8. The van der Waals surface area contributed by atoms with Crippen LogP contribution >= 0.6 is 11.6 Å². The smallest absolute Gasteiger partial charge is 0.309 e. The Morgan fingerprint density at radius 1 is 1.29 bits per heavy atom. The van der Waals surface area contributed by atoms with Crippen LogP contribution < -0.4 is 10.1 Å². The molecule has 0 heterocycles. The summed E-state index contributed by atoms with van der Waals surface area (Å²) in [6.07, 6.45) is 1.39. The van der Waals surface area contributed by atoms with Gasteiger partial charge in [-0.1, -0.05) is 25.4 Å². The van der Waals surface area contributed by atoms with Crippen LogP contribution in [0.2, 0.25) is 5.02 Å². The van der Waals surface area contributed by atoms with Crippen LogP contribution in [-0.4, -0.2) is 25.6 Å². The molecular formula is C15H20ClNO4. The molecule has 0 saturated heterocycles. The third-order valence-corrected chi connectivity index (χ3v) is 3.34. The number of carbonyl (C=O) groups excluding carboxylic acids is 2. The Bertz CT molecular complexity index is 500. The van der Waals surface area contributed by atoms with Gasteiger partial charge in [0.15, 0.2) is 6.61 Å². The third-order valence-electron chi connectivity index (χ3n) is 3.10. The lowest BCUT2D eigenvalue weighted by Crippen LogP contribution is -2.24. The fraction of sp³-hybridized carbons (Fsp3) is 0.467. The van der Waals surface area contributed by atoms with E-state index in [0.717, 1.165) is 0 Å². The van der Waals surface area contributed by atoms with Gasteiger partial charge in [-0.3, -0.25) is 9.59 Å². The quantitative estimate of drug-likeness (QED) is 0.785. The number of nitrogens with one attached hydrogen (secondary N) is 1. The molecule has 1 N–H and O–H groups in total. The maximum Gasteiger partial charge on any atom is 0.309 e. The monoisotopic (exact) mass is 313 g/mol. The summed E-state index contributed by atoms with van der Waals surface area (Å²) in [6.45, 7) is 3.49. The molecule has 0 radical (unpaired) electrons. The Hall–Kier alpha value is -1.75. The van der Waals surface area contributed by atoms with Gasteiger partial charge in [-0.25, -0.2) is 0 Å². The van der Waals surface area contributed by atoms with Crippen molar-refractivity contribution in [3.8, 4) is 5.75 Å². The standard InChI is InChI=1S/C15H20ClNO4/c1-4-10(5-2)15(19)21-9-14(18)17-12-8-11(16)6-7-13(12)20-3/h6-8,10H,4-5,9H2,1-3H3,(H,17,18). The van der Waals surface area contributed by atoms with Crippen molar-refractivity contribution in [2.24, 2.45) is 5.92 Å². The van der Waals surface area contributed by atoms with Crippen molar-refractivity contribution < 1.29 is 19.1 Å². The first-order valence-corrected chi connectivity index (χ1v) is 7.19. The summed E-state index contributed by atoms with van der Waals surface area (Å²) in [5, 5.41) is 3.08. The minimum Gasteiger partial charge on any atom is -0.495 e. The summed E-state index contributed by atoms with van der Waals surface area (Å²) in [7, 11) is 1.49. The van der Waals surface area contributed by atoms with Gasteiger partial charge in [0.05, 0.1) is 18.7 Å². The van der Waals surface area contributed by atoms with Crippen LogP contribution in [0.1, 0.15) is 26.7 Å². The van der Waals surface area contributed by atoms with Crippen molar-refractivity contribution in [1.29, 1.82) is 0 Å². The minimum absolute atomic E-state index is 0.168. The fourth-order valence-corrected chi connectivity index (χ4v) is 2.01. The van der Waals surface area contributed by atoms with E-state index in [-0.39, 0.29) is 18.5 Å². The molecular weight excluding hydrogens is 294 g/mol. The zero-order chi connectivity index (χ0) is 15.8. The zero-order valence-electron chi connectivity index (χ0n) is 12.4. The number of rotatable bonds is 7. The SMILES string of the molecule is CCC(CC)C(=O)OCC(=O)Nc1cc(Cl)ccc1OC. The Morgan fingerprint density at radius 3 is 2.52 bits per heavy atom. The Kier molecular flexibility index (Phi) is 7.02. The van der Waals surface area contributed by atoms with Gasteiger partial charge in [0.25, 0.3) is 5.91 Å². The molecule has 116 valence electrons. The molecule has 21 heavy (non-hydrogen) atoms. The van der Waals surface area contributed by atoms with Crippen LogP contribution in [-0.2, 0) is 14.3 Å². The summed E-state index contributed by atoms with van der Waals surface area (Å²) < 4.78 is 10.1. The van der Waals surface area contributed by atoms with Gasteiger partial charge in [-0.15, -0.1) is 0 Å². The molecule has 5 nitrogen and oxygen atoms in total. The molecule has 1 aromatic rings. The molecule has 0 aromatic heterocycles. The van der Waals surface area contributed by atoms with Gasteiger partial charge in [0, 0.05) is 5.02 Å². The Morgan fingerprint density at radius 2 is 1.95 bits per heavy atom. The highest BCUT2D eigenvalue weighted by atomic mass is 35.5. The number of amides is 1. The molecule has 0 aliphatic carbocycles. The number of hydrogen-bond acceptors (Lipinski definition) is 4. The lowest BCUT2D eigenvalue weighted by atomic mass is 10.0. The average Bonchev–Trinajstić information content (AvgIpc) is 2.46.